The van der Waals surface area contributed by atoms with Crippen LogP contribution in [0, 0.1) is 5.82 Å². The van der Waals surface area contributed by atoms with Crippen molar-refractivity contribution in [1.82, 2.24) is 10.6 Å². The number of carbonyl (C=O) groups excluding carboxylic acids is 1. The molecule has 21 heavy (non-hydrogen) atoms. The largest absolute Gasteiger partial charge is 0.494 e. The lowest BCUT2D eigenvalue weighted by Gasteiger charge is -2.24. The summed E-state index contributed by atoms with van der Waals surface area (Å²) in [5.74, 6) is -0.345. The highest BCUT2D eigenvalue weighted by molar-refractivity contribution is 5.77. The maximum atomic E-state index is 13.7. The number of benzene rings is 1. The molecular weight excluding hydrogens is 275 g/mol. The van der Waals surface area contributed by atoms with Crippen molar-refractivity contribution in [3.8, 4) is 5.75 Å². The highest BCUT2D eigenvalue weighted by Gasteiger charge is 2.19. The predicted molar refractivity (Wildman–Crippen MR) is 76.7 cm³/mol. The van der Waals surface area contributed by atoms with Gasteiger partial charge in [0.05, 0.1) is 32.3 Å². The molecule has 0 spiro atoms. The van der Waals surface area contributed by atoms with E-state index in [0.29, 0.717) is 25.1 Å². The van der Waals surface area contributed by atoms with Crippen LogP contribution in [0.25, 0.3) is 0 Å². The van der Waals surface area contributed by atoms with Gasteiger partial charge in [-0.15, -0.1) is 0 Å². The molecule has 1 heterocycles. The second kappa shape index (κ2) is 7.38. The molecule has 1 fully saturated rings. The zero-order valence-corrected chi connectivity index (χ0v) is 12.3. The third kappa shape index (κ3) is 4.41. The molecule has 2 rings (SSSR count). The Bertz CT molecular complexity index is 490. The summed E-state index contributed by atoms with van der Waals surface area (Å²) in [6.07, 6.45) is 0.203. The van der Waals surface area contributed by atoms with E-state index in [9.17, 15) is 9.18 Å². The Morgan fingerprint density at radius 2 is 2.43 bits per heavy atom. The molecule has 0 saturated carbocycles. The van der Waals surface area contributed by atoms with Crippen LogP contribution in [0.2, 0.25) is 0 Å². The van der Waals surface area contributed by atoms with Crippen molar-refractivity contribution in [2.24, 2.45) is 0 Å². The summed E-state index contributed by atoms with van der Waals surface area (Å²) in [7, 11) is 1.42. The van der Waals surface area contributed by atoms with Crippen molar-refractivity contribution in [3.63, 3.8) is 0 Å². The normalized spacial score (nSPS) is 19.9. The van der Waals surface area contributed by atoms with Crippen LogP contribution in [0.4, 0.5) is 4.39 Å². The van der Waals surface area contributed by atoms with E-state index < -0.39 is 5.82 Å². The van der Waals surface area contributed by atoms with Crippen LogP contribution < -0.4 is 15.4 Å². The highest BCUT2D eigenvalue weighted by atomic mass is 19.1. The van der Waals surface area contributed by atoms with E-state index in [-0.39, 0.29) is 23.8 Å². The minimum atomic E-state index is -0.434. The van der Waals surface area contributed by atoms with Gasteiger partial charge in [0.25, 0.3) is 0 Å². The second-order valence-electron chi connectivity index (χ2n) is 5.08. The molecule has 116 valence electrons. The first-order valence-electron chi connectivity index (χ1n) is 7.05. The van der Waals surface area contributed by atoms with Gasteiger partial charge in [0, 0.05) is 13.1 Å². The molecule has 1 saturated heterocycles. The first-order chi connectivity index (χ1) is 10.1. The van der Waals surface area contributed by atoms with Crippen molar-refractivity contribution in [2.45, 2.75) is 25.5 Å². The first-order valence-corrected chi connectivity index (χ1v) is 7.05. The lowest BCUT2D eigenvalue weighted by Crippen LogP contribution is -2.41. The molecule has 1 aliphatic rings. The monoisotopic (exact) mass is 296 g/mol. The van der Waals surface area contributed by atoms with Gasteiger partial charge in [-0.1, -0.05) is 6.07 Å². The van der Waals surface area contributed by atoms with E-state index in [1.54, 1.807) is 12.1 Å². The fourth-order valence-corrected chi connectivity index (χ4v) is 2.29. The van der Waals surface area contributed by atoms with Gasteiger partial charge in [-0.05, 0) is 24.6 Å². The van der Waals surface area contributed by atoms with Crippen LogP contribution in [0.3, 0.4) is 0 Å². The van der Waals surface area contributed by atoms with E-state index in [1.165, 1.54) is 13.2 Å². The van der Waals surface area contributed by atoms with Gasteiger partial charge in [0.15, 0.2) is 11.6 Å². The summed E-state index contributed by atoms with van der Waals surface area (Å²) in [6, 6.07) is 4.41. The first kappa shape index (κ1) is 15.7. The van der Waals surface area contributed by atoms with Crippen LogP contribution in [0.1, 0.15) is 24.9 Å². The van der Waals surface area contributed by atoms with Gasteiger partial charge in [-0.25, -0.2) is 4.39 Å². The number of halogens is 1. The molecule has 0 aliphatic carbocycles. The Morgan fingerprint density at radius 3 is 3.05 bits per heavy atom. The Balaban J connectivity index is 1.89. The van der Waals surface area contributed by atoms with Gasteiger partial charge in [-0.3, -0.25) is 4.79 Å². The number of hydrogen-bond acceptors (Lipinski definition) is 4. The quantitative estimate of drug-likeness (QED) is 0.862. The summed E-state index contributed by atoms with van der Waals surface area (Å²) in [4.78, 5) is 12.0. The van der Waals surface area contributed by atoms with Crippen LogP contribution in [0.15, 0.2) is 18.2 Å². The molecule has 0 bridgehead atoms. The Morgan fingerprint density at radius 1 is 1.62 bits per heavy atom. The molecule has 2 unspecified atom stereocenters. The number of ether oxygens (including phenoxy) is 2. The Hall–Kier alpha value is -1.66. The number of methoxy groups -OCH3 is 1. The summed E-state index contributed by atoms with van der Waals surface area (Å²) in [5, 5.41) is 6.03. The molecule has 1 aromatic carbocycles. The predicted octanol–water partition coefficient (Wildman–Crippen LogP) is 1.39. The van der Waals surface area contributed by atoms with Crippen molar-refractivity contribution in [1.29, 1.82) is 0 Å². The van der Waals surface area contributed by atoms with Crippen molar-refractivity contribution < 1.29 is 18.7 Å². The van der Waals surface area contributed by atoms with Gasteiger partial charge in [-0.2, -0.15) is 0 Å². The number of rotatable bonds is 5. The molecule has 6 heteroatoms. The van der Waals surface area contributed by atoms with Gasteiger partial charge in [0.2, 0.25) is 5.91 Å². The molecule has 1 aromatic rings. The molecule has 0 aromatic heterocycles. The minimum absolute atomic E-state index is 0.0986. The Labute approximate surface area is 123 Å². The topological polar surface area (TPSA) is 59.6 Å². The van der Waals surface area contributed by atoms with Crippen LogP contribution >= 0.6 is 0 Å². The fourth-order valence-electron chi connectivity index (χ4n) is 2.29. The summed E-state index contributed by atoms with van der Waals surface area (Å²) >= 11 is 0. The van der Waals surface area contributed by atoms with E-state index in [1.807, 2.05) is 6.92 Å². The maximum Gasteiger partial charge on any atom is 0.223 e. The van der Waals surface area contributed by atoms with Crippen LogP contribution in [-0.4, -0.2) is 38.8 Å². The number of amides is 1. The lowest BCUT2D eigenvalue weighted by atomic mass is 10.1. The molecule has 0 radical (unpaired) electrons. The van der Waals surface area contributed by atoms with Gasteiger partial charge < -0.3 is 20.1 Å². The lowest BCUT2D eigenvalue weighted by molar-refractivity contribution is -0.125. The molecule has 2 atom stereocenters. The number of hydrogen-bond donors (Lipinski definition) is 2. The average molecular weight is 296 g/mol. The van der Waals surface area contributed by atoms with Gasteiger partial charge in [0.1, 0.15) is 0 Å². The van der Waals surface area contributed by atoms with Gasteiger partial charge >= 0.3 is 0 Å². The van der Waals surface area contributed by atoms with Crippen molar-refractivity contribution >= 4 is 5.91 Å². The zero-order chi connectivity index (χ0) is 15.2. The van der Waals surface area contributed by atoms with E-state index in [2.05, 4.69) is 10.6 Å². The summed E-state index contributed by atoms with van der Waals surface area (Å²) < 4.78 is 24.0. The van der Waals surface area contributed by atoms with E-state index in [0.717, 1.165) is 6.54 Å². The third-order valence-corrected chi connectivity index (χ3v) is 3.47. The van der Waals surface area contributed by atoms with Crippen LogP contribution in [-0.2, 0) is 9.53 Å². The fraction of sp³-hybridized carbons (Fsp3) is 0.533. The number of nitrogens with one attached hydrogen (secondary N) is 2. The summed E-state index contributed by atoms with van der Waals surface area (Å²) in [5.41, 5.74) is 0.698. The molecular formula is C15H21FN2O3. The standard InChI is InChI=1S/C15H21FN2O3/c1-10(11-3-4-14(20-2)13(16)7-11)18-15(19)8-12-9-17-5-6-21-12/h3-4,7,10,12,17H,5-6,8-9H2,1-2H3,(H,18,19). The molecule has 1 aliphatic heterocycles. The molecule has 1 amide bonds. The highest BCUT2D eigenvalue weighted by Crippen LogP contribution is 2.21. The van der Waals surface area contributed by atoms with E-state index in [4.69, 9.17) is 9.47 Å². The average Bonchev–Trinajstić information content (AvgIpc) is 2.48. The van der Waals surface area contributed by atoms with E-state index >= 15 is 0 Å². The number of morpholine rings is 1. The zero-order valence-electron chi connectivity index (χ0n) is 12.3. The van der Waals surface area contributed by atoms with Crippen molar-refractivity contribution in [2.75, 3.05) is 26.8 Å². The smallest absolute Gasteiger partial charge is 0.223 e. The third-order valence-electron chi connectivity index (χ3n) is 3.47. The molecule has 5 nitrogen and oxygen atoms in total. The second-order valence-corrected chi connectivity index (χ2v) is 5.08. The Kier molecular flexibility index (Phi) is 5.52. The number of carbonyl (C=O) groups is 1. The summed E-state index contributed by atoms with van der Waals surface area (Å²) in [6.45, 7) is 3.94. The van der Waals surface area contributed by atoms with Crippen LogP contribution in [0.5, 0.6) is 5.75 Å². The molecule has 2 N–H and O–H groups in total. The maximum absolute atomic E-state index is 13.7. The SMILES string of the molecule is COc1ccc(C(C)NC(=O)CC2CNCCO2)cc1F. The minimum Gasteiger partial charge on any atom is -0.494 e. The van der Waals surface area contributed by atoms with Crippen molar-refractivity contribution in [3.05, 3.63) is 29.6 Å².